The third-order valence-electron chi connectivity index (χ3n) is 4.70. The second kappa shape index (κ2) is 6.54. The van der Waals surface area contributed by atoms with Crippen molar-refractivity contribution in [2.24, 2.45) is 0 Å². The van der Waals surface area contributed by atoms with Crippen LogP contribution in [0.4, 0.5) is 0 Å². The van der Waals surface area contributed by atoms with Gasteiger partial charge in [0.25, 0.3) is 0 Å². The Hall–Kier alpha value is -2.14. The van der Waals surface area contributed by atoms with E-state index in [1.54, 1.807) is 0 Å². The van der Waals surface area contributed by atoms with Crippen LogP contribution in [-0.2, 0) is 6.54 Å². The van der Waals surface area contributed by atoms with Crippen LogP contribution in [0.5, 0.6) is 0 Å². The summed E-state index contributed by atoms with van der Waals surface area (Å²) in [6.45, 7) is 4.64. The maximum Gasteiger partial charge on any atom is 0.113 e. The zero-order valence-electron chi connectivity index (χ0n) is 13.4. The molecular weight excluding hydrogens is 286 g/mol. The van der Waals surface area contributed by atoms with Crippen LogP contribution < -0.4 is 0 Å². The molecule has 0 unspecified atom stereocenters. The fraction of sp³-hybridized carbons (Fsp3) is 0.444. The molecule has 3 heterocycles. The molecule has 0 radical (unpaired) electrons. The number of piperidine rings is 1. The maximum atomic E-state index is 4.33. The van der Waals surface area contributed by atoms with Crippen molar-refractivity contribution in [2.75, 3.05) is 19.6 Å². The van der Waals surface area contributed by atoms with Gasteiger partial charge in [-0.1, -0.05) is 17.7 Å². The lowest BCUT2D eigenvalue weighted by Crippen LogP contribution is -2.31. The molecular formula is C18H23N5. The Kier molecular flexibility index (Phi) is 4.11. The molecule has 1 aliphatic heterocycles. The van der Waals surface area contributed by atoms with Crippen LogP contribution in [0.15, 0.2) is 36.7 Å². The van der Waals surface area contributed by atoms with Gasteiger partial charge >= 0.3 is 0 Å². The van der Waals surface area contributed by atoms with E-state index in [9.17, 15) is 0 Å². The minimum absolute atomic E-state index is 0.940. The van der Waals surface area contributed by atoms with E-state index in [0.29, 0.717) is 0 Å². The molecule has 4 rings (SSSR count). The van der Waals surface area contributed by atoms with Gasteiger partial charge in [0.05, 0.1) is 6.20 Å². The molecule has 1 aliphatic rings. The molecule has 120 valence electrons. The van der Waals surface area contributed by atoms with Crippen molar-refractivity contribution in [3.05, 3.63) is 36.7 Å². The van der Waals surface area contributed by atoms with E-state index >= 15 is 0 Å². The maximum absolute atomic E-state index is 4.33. The highest BCUT2D eigenvalue weighted by atomic mass is 15.4. The summed E-state index contributed by atoms with van der Waals surface area (Å²) in [5, 5.41) is 9.83. The van der Waals surface area contributed by atoms with Crippen LogP contribution in [0.2, 0.25) is 0 Å². The first kappa shape index (κ1) is 14.5. The first-order chi connectivity index (χ1) is 11.4. The normalized spacial score (nSPS) is 16.2. The van der Waals surface area contributed by atoms with E-state index in [0.717, 1.165) is 29.7 Å². The molecule has 1 fully saturated rings. The van der Waals surface area contributed by atoms with Crippen LogP contribution in [0.25, 0.3) is 22.2 Å². The molecule has 3 aromatic rings. The molecule has 1 saturated heterocycles. The van der Waals surface area contributed by atoms with Gasteiger partial charge in [-0.15, -0.1) is 5.10 Å². The topological polar surface area (TPSA) is 49.7 Å². The van der Waals surface area contributed by atoms with Gasteiger partial charge < -0.3 is 9.88 Å². The molecule has 0 atom stereocenters. The molecule has 1 aromatic carbocycles. The summed E-state index contributed by atoms with van der Waals surface area (Å²) in [5.74, 6) is 0. The highest BCUT2D eigenvalue weighted by Gasteiger charge is 2.10. The second-order valence-corrected chi connectivity index (χ2v) is 6.40. The van der Waals surface area contributed by atoms with Crippen molar-refractivity contribution in [1.29, 1.82) is 0 Å². The van der Waals surface area contributed by atoms with E-state index in [-0.39, 0.29) is 0 Å². The lowest BCUT2D eigenvalue weighted by atomic mass is 10.1. The smallest absolute Gasteiger partial charge is 0.113 e. The van der Waals surface area contributed by atoms with E-state index in [1.807, 2.05) is 10.9 Å². The van der Waals surface area contributed by atoms with Crippen molar-refractivity contribution in [1.82, 2.24) is 24.9 Å². The predicted molar refractivity (Wildman–Crippen MR) is 92.2 cm³/mol. The number of aromatic amines is 1. The van der Waals surface area contributed by atoms with Crippen molar-refractivity contribution in [3.63, 3.8) is 0 Å². The quantitative estimate of drug-likeness (QED) is 0.786. The average Bonchev–Trinajstić information content (AvgIpc) is 3.24. The lowest BCUT2D eigenvalue weighted by Gasteiger charge is -2.26. The van der Waals surface area contributed by atoms with Gasteiger partial charge in [0, 0.05) is 29.2 Å². The van der Waals surface area contributed by atoms with Gasteiger partial charge in [0.1, 0.15) is 5.69 Å². The number of hydrogen-bond acceptors (Lipinski definition) is 3. The summed E-state index contributed by atoms with van der Waals surface area (Å²) in [6, 6.07) is 8.44. The number of aromatic nitrogens is 4. The summed E-state index contributed by atoms with van der Waals surface area (Å²) in [4.78, 5) is 5.79. The zero-order valence-corrected chi connectivity index (χ0v) is 13.4. The van der Waals surface area contributed by atoms with Gasteiger partial charge in [0.2, 0.25) is 0 Å². The number of aryl methyl sites for hydroxylation is 1. The molecule has 5 nitrogen and oxygen atoms in total. The molecule has 23 heavy (non-hydrogen) atoms. The highest BCUT2D eigenvalue weighted by Crippen LogP contribution is 2.22. The lowest BCUT2D eigenvalue weighted by molar-refractivity contribution is 0.221. The fourth-order valence-corrected chi connectivity index (χ4v) is 3.39. The fourth-order valence-electron chi connectivity index (χ4n) is 3.39. The second-order valence-electron chi connectivity index (χ2n) is 6.40. The molecule has 0 amide bonds. The summed E-state index contributed by atoms with van der Waals surface area (Å²) in [7, 11) is 0. The number of likely N-dealkylation sites (tertiary alicyclic amines) is 1. The SMILES string of the molecule is c1cc2cc(-c3cn(CCCN4CCCCC4)nn3)ccc2[nH]1. The number of fused-ring (bicyclic) bond motifs is 1. The Balaban J connectivity index is 1.38. The molecule has 5 heteroatoms. The van der Waals surface area contributed by atoms with Crippen LogP contribution in [0.3, 0.4) is 0 Å². The monoisotopic (exact) mass is 309 g/mol. The first-order valence-electron chi connectivity index (χ1n) is 8.58. The highest BCUT2D eigenvalue weighted by molar-refractivity contribution is 5.84. The summed E-state index contributed by atoms with van der Waals surface area (Å²) in [5.41, 5.74) is 3.23. The zero-order chi connectivity index (χ0) is 15.5. The Labute approximate surface area is 136 Å². The largest absolute Gasteiger partial charge is 0.361 e. The third kappa shape index (κ3) is 3.29. The van der Waals surface area contributed by atoms with Crippen molar-refractivity contribution >= 4 is 10.9 Å². The third-order valence-corrected chi connectivity index (χ3v) is 4.70. The van der Waals surface area contributed by atoms with Gasteiger partial charge in [-0.25, -0.2) is 0 Å². The molecule has 0 aliphatic carbocycles. The van der Waals surface area contributed by atoms with E-state index < -0.39 is 0 Å². The number of hydrogen-bond donors (Lipinski definition) is 1. The standard InChI is InChI=1S/C18H23N5/c1-2-9-22(10-3-1)11-4-12-23-14-18(20-21-23)15-5-6-17-16(13-15)7-8-19-17/h5-8,13-14,19H,1-4,9-12H2. The average molecular weight is 309 g/mol. The van der Waals surface area contributed by atoms with E-state index in [2.05, 4.69) is 50.7 Å². The molecule has 0 saturated carbocycles. The Morgan fingerprint density at radius 2 is 1.96 bits per heavy atom. The van der Waals surface area contributed by atoms with Crippen LogP contribution >= 0.6 is 0 Å². The van der Waals surface area contributed by atoms with Gasteiger partial charge in [0.15, 0.2) is 0 Å². The number of rotatable bonds is 5. The molecule has 0 spiro atoms. The first-order valence-corrected chi connectivity index (χ1v) is 8.58. The predicted octanol–water partition coefficient (Wildman–Crippen LogP) is 3.30. The Bertz CT molecular complexity index is 766. The van der Waals surface area contributed by atoms with Gasteiger partial charge in [-0.05, 0) is 57.1 Å². The van der Waals surface area contributed by atoms with Crippen molar-refractivity contribution in [3.8, 4) is 11.3 Å². The number of benzene rings is 1. The van der Waals surface area contributed by atoms with Crippen molar-refractivity contribution in [2.45, 2.75) is 32.2 Å². The van der Waals surface area contributed by atoms with Crippen LogP contribution in [0.1, 0.15) is 25.7 Å². The summed E-state index contributed by atoms with van der Waals surface area (Å²) in [6.07, 6.45) is 9.27. The van der Waals surface area contributed by atoms with E-state index in [1.165, 1.54) is 44.3 Å². The van der Waals surface area contributed by atoms with E-state index in [4.69, 9.17) is 0 Å². The van der Waals surface area contributed by atoms with Crippen LogP contribution in [0, 0.1) is 0 Å². The molecule has 1 N–H and O–H groups in total. The Morgan fingerprint density at radius 1 is 1.04 bits per heavy atom. The van der Waals surface area contributed by atoms with Crippen molar-refractivity contribution < 1.29 is 0 Å². The van der Waals surface area contributed by atoms with Gasteiger partial charge in [-0.3, -0.25) is 4.68 Å². The number of nitrogens with one attached hydrogen (secondary N) is 1. The van der Waals surface area contributed by atoms with Crippen LogP contribution in [-0.4, -0.2) is 44.5 Å². The minimum Gasteiger partial charge on any atom is -0.361 e. The summed E-state index contributed by atoms with van der Waals surface area (Å²) >= 11 is 0. The molecule has 2 aromatic heterocycles. The summed E-state index contributed by atoms with van der Waals surface area (Å²) < 4.78 is 1.97. The van der Waals surface area contributed by atoms with Gasteiger partial charge in [-0.2, -0.15) is 0 Å². The molecule has 0 bridgehead atoms. The number of H-pyrrole nitrogens is 1. The Morgan fingerprint density at radius 3 is 2.87 bits per heavy atom. The minimum atomic E-state index is 0.940. The number of nitrogens with zero attached hydrogens (tertiary/aromatic N) is 4.